The quantitative estimate of drug-likeness (QED) is 0.266. The van der Waals surface area contributed by atoms with E-state index in [1.807, 2.05) is 32.1 Å². The van der Waals surface area contributed by atoms with E-state index in [0.717, 1.165) is 39.3 Å². The summed E-state index contributed by atoms with van der Waals surface area (Å²) in [5.41, 5.74) is 6.34. The number of carbonyl (C=O) groups is 1. The molecule has 0 saturated heterocycles. The third-order valence-electron chi connectivity index (χ3n) is 6.27. The van der Waals surface area contributed by atoms with E-state index in [9.17, 15) is 4.79 Å². The zero-order chi connectivity index (χ0) is 20.8. The minimum Gasteiger partial charge on any atom is -0.308 e. The summed E-state index contributed by atoms with van der Waals surface area (Å²) < 4.78 is 2.16. The fourth-order valence-electron chi connectivity index (χ4n) is 4.82. The number of nitrogens with zero attached hydrogens (tertiary/aromatic N) is 1. The van der Waals surface area contributed by atoms with Crippen molar-refractivity contribution in [3.63, 3.8) is 0 Å². The van der Waals surface area contributed by atoms with Gasteiger partial charge < -0.3 is 4.57 Å². The molecule has 0 aliphatic heterocycles. The van der Waals surface area contributed by atoms with E-state index < -0.39 is 5.41 Å². The monoisotopic (exact) mass is 429 g/mol. The minimum atomic E-state index is -0.548. The van der Waals surface area contributed by atoms with Crippen LogP contribution in [-0.2, 0) is 0 Å². The fraction of sp³-hybridized carbons (Fsp3) is 0.115. The lowest BCUT2D eigenvalue weighted by molar-refractivity contribution is 0.0884. The molecule has 1 aromatic heterocycles. The summed E-state index contributed by atoms with van der Waals surface area (Å²) in [4.78, 5) is 13.6. The smallest absolute Gasteiger partial charge is 0.175 e. The van der Waals surface area contributed by atoms with Gasteiger partial charge in [0.25, 0.3) is 0 Å². The molecule has 4 heteroatoms. The lowest BCUT2D eigenvalue weighted by Gasteiger charge is -2.24. The Morgan fingerprint density at radius 1 is 0.867 bits per heavy atom. The van der Waals surface area contributed by atoms with Crippen LogP contribution in [0.5, 0.6) is 0 Å². The number of ketones is 1. The first-order valence-electron chi connectivity index (χ1n) is 9.89. The van der Waals surface area contributed by atoms with Gasteiger partial charge >= 0.3 is 0 Å². The molecular weight excluding hydrogens is 413 g/mol. The highest BCUT2D eigenvalue weighted by atomic mass is 35.5. The van der Waals surface area contributed by atoms with Crippen molar-refractivity contribution in [2.75, 3.05) is 0 Å². The number of fused-ring (bicyclic) bond motifs is 5. The van der Waals surface area contributed by atoms with Crippen LogP contribution in [-0.4, -0.2) is 10.4 Å². The Morgan fingerprint density at radius 3 is 2.33 bits per heavy atom. The van der Waals surface area contributed by atoms with Crippen LogP contribution in [0.15, 0.2) is 60.7 Å². The average Bonchev–Trinajstić information content (AvgIpc) is 3.23. The highest BCUT2D eigenvalue weighted by molar-refractivity contribution is 6.42. The van der Waals surface area contributed by atoms with Gasteiger partial charge in [-0.05, 0) is 54.5 Å². The molecule has 3 aromatic carbocycles. The molecule has 146 valence electrons. The Bertz CT molecular complexity index is 1450. The van der Waals surface area contributed by atoms with Crippen LogP contribution in [0.1, 0.15) is 29.9 Å². The van der Waals surface area contributed by atoms with Crippen LogP contribution >= 0.6 is 23.2 Å². The first-order valence-corrected chi connectivity index (χ1v) is 10.6. The van der Waals surface area contributed by atoms with Crippen molar-refractivity contribution in [3.8, 4) is 28.1 Å². The van der Waals surface area contributed by atoms with E-state index in [2.05, 4.69) is 47.0 Å². The van der Waals surface area contributed by atoms with Crippen LogP contribution < -0.4 is 0 Å². The molecular formula is C26H17Cl2NO. The number of rotatable bonds is 1. The van der Waals surface area contributed by atoms with Crippen LogP contribution in [0.2, 0.25) is 10.0 Å². The summed E-state index contributed by atoms with van der Waals surface area (Å²) in [6, 6.07) is 18.3. The maximum absolute atomic E-state index is 13.6. The number of Topliss-reactive ketones (excluding diaryl/α,β-unsaturated/α-hetero) is 1. The van der Waals surface area contributed by atoms with Gasteiger partial charge in [0.05, 0.1) is 27.0 Å². The predicted octanol–water partition coefficient (Wildman–Crippen LogP) is 7.82. The van der Waals surface area contributed by atoms with E-state index in [0.29, 0.717) is 10.0 Å². The molecule has 4 aromatic rings. The molecule has 0 bridgehead atoms. The number of halogens is 2. The fourth-order valence-corrected chi connectivity index (χ4v) is 5.11. The van der Waals surface area contributed by atoms with Crippen molar-refractivity contribution >= 4 is 45.8 Å². The number of hydrogen-bond acceptors (Lipinski definition) is 1. The second-order valence-corrected chi connectivity index (χ2v) is 9.33. The molecule has 0 N–H and O–H groups in total. The Labute approximate surface area is 184 Å². The van der Waals surface area contributed by atoms with E-state index >= 15 is 0 Å². The molecule has 2 aliphatic carbocycles. The number of benzene rings is 3. The summed E-state index contributed by atoms with van der Waals surface area (Å²) in [5, 5.41) is 3.37. The zero-order valence-corrected chi connectivity index (χ0v) is 18.0. The van der Waals surface area contributed by atoms with Gasteiger partial charge in [-0.1, -0.05) is 65.7 Å². The molecule has 30 heavy (non-hydrogen) atoms. The average molecular weight is 430 g/mol. The molecule has 0 atom stereocenters. The zero-order valence-electron chi connectivity index (χ0n) is 16.5. The third-order valence-corrected chi connectivity index (χ3v) is 7.01. The molecule has 0 spiro atoms. The standard InChI is InChI=1S/C26H17Cl2NO/c1-26(2)12-11-20-23(25(26)30)22-16-7-3-5-14-6-4-8-17(21(14)16)24(22)29(20)15-9-10-18(27)19(28)13-15/h3-13H,1-2H3. The molecule has 0 amide bonds. The Morgan fingerprint density at radius 2 is 1.60 bits per heavy atom. The van der Waals surface area contributed by atoms with E-state index in [4.69, 9.17) is 23.2 Å². The number of aromatic nitrogens is 1. The van der Waals surface area contributed by atoms with Crippen molar-refractivity contribution in [3.05, 3.63) is 82.0 Å². The summed E-state index contributed by atoms with van der Waals surface area (Å²) in [5.74, 6) is 0.139. The van der Waals surface area contributed by atoms with Gasteiger partial charge in [0.2, 0.25) is 0 Å². The van der Waals surface area contributed by atoms with Crippen LogP contribution in [0, 0.1) is 5.41 Å². The van der Waals surface area contributed by atoms with Gasteiger partial charge in [-0.3, -0.25) is 4.79 Å². The van der Waals surface area contributed by atoms with Gasteiger partial charge in [0.15, 0.2) is 5.78 Å². The molecule has 2 aliphatic rings. The van der Waals surface area contributed by atoms with Crippen LogP contribution in [0.25, 0.3) is 44.9 Å². The second kappa shape index (κ2) is 5.87. The van der Waals surface area contributed by atoms with Gasteiger partial charge in [-0.25, -0.2) is 0 Å². The van der Waals surface area contributed by atoms with Gasteiger partial charge in [0, 0.05) is 22.2 Å². The molecule has 0 radical (unpaired) electrons. The highest BCUT2D eigenvalue weighted by Gasteiger charge is 2.40. The molecule has 6 rings (SSSR count). The first-order chi connectivity index (χ1) is 14.4. The summed E-state index contributed by atoms with van der Waals surface area (Å²) in [6.45, 7) is 3.95. The van der Waals surface area contributed by atoms with E-state index in [1.54, 1.807) is 6.07 Å². The topological polar surface area (TPSA) is 22.0 Å². The van der Waals surface area contributed by atoms with Crippen LogP contribution in [0.4, 0.5) is 0 Å². The summed E-state index contributed by atoms with van der Waals surface area (Å²) >= 11 is 12.6. The van der Waals surface area contributed by atoms with Crippen molar-refractivity contribution in [2.45, 2.75) is 13.8 Å². The van der Waals surface area contributed by atoms with Gasteiger partial charge in [-0.15, -0.1) is 0 Å². The number of carbonyl (C=O) groups excluding carboxylic acids is 1. The van der Waals surface area contributed by atoms with Crippen molar-refractivity contribution in [1.29, 1.82) is 0 Å². The van der Waals surface area contributed by atoms with Gasteiger partial charge in [-0.2, -0.15) is 0 Å². The molecule has 0 saturated carbocycles. The largest absolute Gasteiger partial charge is 0.308 e. The SMILES string of the molecule is CC1(C)C=Cc2c(c3c(n2-c2ccc(Cl)c(Cl)c2)-c2cccc4cccc-3c24)C1=O. The Kier molecular flexibility index (Phi) is 3.52. The highest BCUT2D eigenvalue weighted by Crippen LogP contribution is 2.54. The Balaban J connectivity index is 1.80. The molecule has 0 unspecified atom stereocenters. The minimum absolute atomic E-state index is 0.139. The number of allylic oxidation sites excluding steroid dienone is 1. The Hall–Kier alpha value is -2.81. The lowest BCUT2D eigenvalue weighted by Crippen LogP contribution is -2.25. The lowest BCUT2D eigenvalue weighted by atomic mass is 9.78. The van der Waals surface area contributed by atoms with Gasteiger partial charge in [0.1, 0.15) is 0 Å². The van der Waals surface area contributed by atoms with Crippen molar-refractivity contribution < 1.29 is 4.79 Å². The van der Waals surface area contributed by atoms with Crippen molar-refractivity contribution in [2.24, 2.45) is 5.41 Å². The molecule has 2 nitrogen and oxygen atoms in total. The normalized spacial score (nSPS) is 15.5. The van der Waals surface area contributed by atoms with E-state index in [1.165, 1.54) is 10.8 Å². The summed E-state index contributed by atoms with van der Waals surface area (Å²) in [6.07, 6.45) is 4.06. The summed E-state index contributed by atoms with van der Waals surface area (Å²) in [7, 11) is 0. The number of hydrogen-bond donors (Lipinski definition) is 0. The second-order valence-electron chi connectivity index (χ2n) is 8.51. The molecule has 1 heterocycles. The van der Waals surface area contributed by atoms with Crippen molar-refractivity contribution in [1.82, 2.24) is 4.57 Å². The maximum Gasteiger partial charge on any atom is 0.175 e. The molecule has 0 fully saturated rings. The van der Waals surface area contributed by atoms with Crippen LogP contribution in [0.3, 0.4) is 0 Å². The first kappa shape index (κ1) is 18.0. The predicted molar refractivity (Wildman–Crippen MR) is 125 cm³/mol. The van der Waals surface area contributed by atoms with E-state index in [-0.39, 0.29) is 5.78 Å². The third kappa shape index (κ3) is 2.18. The maximum atomic E-state index is 13.6.